The van der Waals surface area contributed by atoms with E-state index >= 15 is 0 Å². The molecule has 0 spiro atoms. The van der Waals surface area contributed by atoms with Crippen molar-refractivity contribution >= 4 is 5.82 Å². The molecule has 1 fully saturated rings. The molecule has 1 N–H and O–H groups in total. The predicted molar refractivity (Wildman–Crippen MR) is 67.7 cm³/mol. The maximum absolute atomic E-state index is 8.93. The maximum Gasteiger partial charge on any atom is 0.143 e. The van der Waals surface area contributed by atoms with Crippen LogP contribution in [0.2, 0.25) is 0 Å². The highest BCUT2D eigenvalue weighted by Gasteiger charge is 2.27. The fourth-order valence-corrected chi connectivity index (χ4v) is 1.99. The Morgan fingerprint density at radius 2 is 2.41 bits per heavy atom. The van der Waals surface area contributed by atoms with Gasteiger partial charge >= 0.3 is 0 Å². The van der Waals surface area contributed by atoms with Crippen molar-refractivity contribution in [3.05, 3.63) is 23.9 Å². The lowest BCUT2D eigenvalue weighted by Gasteiger charge is -2.20. The summed E-state index contributed by atoms with van der Waals surface area (Å²) in [5.74, 6) is 0.696. The van der Waals surface area contributed by atoms with Crippen LogP contribution in [0.15, 0.2) is 18.3 Å². The van der Waals surface area contributed by atoms with Crippen molar-refractivity contribution < 1.29 is 0 Å². The fourth-order valence-electron chi connectivity index (χ4n) is 1.99. The summed E-state index contributed by atoms with van der Waals surface area (Å²) < 4.78 is 0. The van der Waals surface area contributed by atoms with E-state index in [2.05, 4.69) is 28.2 Å². The van der Waals surface area contributed by atoms with Crippen molar-refractivity contribution in [1.29, 1.82) is 5.26 Å². The summed E-state index contributed by atoms with van der Waals surface area (Å²) in [5.41, 5.74) is 0.613. The third kappa shape index (κ3) is 3.18. The first kappa shape index (κ1) is 11.9. The van der Waals surface area contributed by atoms with E-state index in [-0.39, 0.29) is 0 Å². The number of likely N-dealkylation sites (N-methyl/N-ethyl adjacent to an activating group) is 1. The van der Waals surface area contributed by atoms with Gasteiger partial charge in [0.05, 0.1) is 5.56 Å². The average molecular weight is 230 g/mol. The zero-order chi connectivity index (χ0) is 12.1. The van der Waals surface area contributed by atoms with Gasteiger partial charge in [0.25, 0.3) is 0 Å². The smallest absolute Gasteiger partial charge is 0.143 e. The molecule has 90 valence electrons. The topological polar surface area (TPSA) is 52.0 Å². The normalized spacial score (nSPS) is 14.6. The highest BCUT2D eigenvalue weighted by molar-refractivity contribution is 5.51. The van der Waals surface area contributed by atoms with Gasteiger partial charge in [-0.25, -0.2) is 4.98 Å². The molecule has 0 aromatic carbocycles. The Hall–Kier alpha value is -1.60. The minimum Gasteiger partial charge on any atom is -0.368 e. The Kier molecular flexibility index (Phi) is 3.94. The average Bonchev–Trinajstić information content (AvgIpc) is 3.19. The van der Waals surface area contributed by atoms with Crippen LogP contribution in [0.1, 0.15) is 25.3 Å². The number of pyridine rings is 1. The number of nitriles is 1. The molecule has 17 heavy (non-hydrogen) atoms. The first-order chi connectivity index (χ1) is 8.35. The largest absolute Gasteiger partial charge is 0.368 e. The van der Waals surface area contributed by atoms with Crippen LogP contribution in [0.4, 0.5) is 5.82 Å². The molecule has 0 unspecified atom stereocenters. The monoisotopic (exact) mass is 230 g/mol. The van der Waals surface area contributed by atoms with Gasteiger partial charge in [0, 0.05) is 25.3 Å². The van der Waals surface area contributed by atoms with Crippen LogP contribution in [0.25, 0.3) is 0 Å². The molecule has 0 saturated heterocycles. The molecule has 2 rings (SSSR count). The van der Waals surface area contributed by atoms with E-state index < -0.39 is 0 Å². The van der Waals surface area contributed by atoms with Crippen molar-refractivity contribution in [2.75, 3.05) is 25.0 Å². The summed E-state index contributed by atoms with van der Waals surface area (Å²) in [6.45, 7) is 5.15. The number of nitrogens with zero attached hydrogens (tertiary/aromatic N) is 3. The van der Waals surface area contributed by atoms with E-state index in [1.54, 1.807) is 18.3 Å². The fraction of sp³-hybridized carbons (Fsp3) is 0.538. The van der Waals surface area contributed by atoms with E-state index in [0.717, 1.165) is 25.7 Å². The summed E-state index contributed by atoms with van der Waals surface area (Å²) in [5, 5.41) is 12.2. The third-order valence-electron chi connectivity index (χ3n) is 3.09. The van der Waals surface area contributed by atoms with Crippen molar-refractivity contribution in [2.24, 2.45) is 0 Å². The van der Waals surface area contributed by atoms with Gasteiger partial charge in [-0.2, -0.15) is 5.26 Å². The molecule has 1 saturated carbocycles. The Labute approximate surface area is 102 Å². The Morgan fingerprint density at radius 3 is 3.06 bits per heavy atom. The van der Waals surface area contributed by atoms with Gasteiger partial charge in [0.15, 0.2) is 0 Å². The van der Waals surface area contributed by atoms with Crippen LogP contribution in [-0.4, -0.2) is 35.6 Å². The molecule has 4 nitrogen and oxygen atoms in total. The number of hydrogen-bond donors (Lipinski definition) is 1. The van der Waals surface area contributed by atoms with Gasteiger partial charge in [0.1, 0.15) is 11.9 Å². The molecule has 1 aromatic rings. The zero-order valence-corrected chi connectivity index (χ0v) is 10.2. The summed E-state index contributed by atoms with van der Waals surface area (Å²) in [6, 6.07) is 6.51. The van der Waals surface area contributed by atoms with Gasteiger partial charge in [-0.1, -0.05) is 6.92 Å². The minimum atomic E-state index is 0.613. The quantitative estimate of drug-likeness (QED) is 0.810. The SMILES string of the molecule is CCN(CCNc1ncccc1C#N)C1CC1. The van der Waals surface area contributed by atoms with Crippen LogP contribution >= 0.6 is 0 Å². The van der Waals surface area contributed by atoms with Crippen LogP contribution in [0.5, 0.6) is 0 Å². The summed E-state index contributed by atoms with van der Waals surface area (Å²) >= 11 is 0. The van der Waals surface area contributed by atoms with E-state index in [9.17, 15) is 0 Å². The minimum absolute atomic E-state index is 0.613. The molecule has 1 aliphatic carbocycles. The lowest BCUT2D eigenvalue weighted by atomic mass is 10.3. The molecular weight excluding hydrogens is 212 g/mol. The van der Waals surface area contributed by atoms with E-state index in [1.165, 1.54) is 12.8 Å². The third-order valence-corrected chi connectivity index (χ3v) is 3.09. The lowest BCUT2D eigenvalue weighted by molar-refractivity contribution is 0.289. The molecule has 1 aliphatic rings. The van der Waals surface area contributed by atoms with Gasteiger partial charge < -0.3 is 5.32 Å². The van der Waals surface area contributed by atoms with E-state index in [4.69, 9.17) is 5.26 Å². The van der Waals surface area contributed by atoms with Crippen molar-refractivity contribution in [2.45, 2.75) is 25.8 Å². The highest BCUT2D eigenvalue weighted by atomic mass is 15.2. The summed E-state index contributed by atoms with van der Waals surface area (Å²) in [4.78, 5) is 6.65. The van der Waals surface area contributed by atoms with Gasteiger partial charge in [-0.3, -0.25) is 4.90 Å². The number of rotatable bonds is 6. The number of nitrogens with one attached hydrogen (secondary N) is 1. The van der Waals surface area contributed by atoms with E-state index in [0.29, 0.717) is 11.4 Å². The van der Waals surface area contributed by atoms with Crippen LogP contribution in [0, 0.1) is 11.3 Å². The number of aromatic nitrogens is 1. The predicted octanol–water partition coefficient (Wildman–Crippen LogP) is 1.85. The van der Waals surface area contributed by atoms with Gasteiger partial charge in [0.2, 0.25) is 0 Å². The van der Waals surface area contributed by atoms with Gasteiger partial charge in [-0.15, -0.1) is 0 Å². The Bertz CT molecular complexity index is 406. The summed E-state index contributed by atoms with van der Waals surface area (Å²) in [7, 11) is 0. The standard InChI is InChI=1S/C13H18N4/c1-2-17(12-5-6-12)9-8-16-13-11(10-14)4-3-7-15-13/h3-4,7,12H,2,5-6,8-9H2,1H3,(H,15,16). The zero-order valence-electron chi connectivity index (χ0n) is 10.2. The van der Waals surface area contributed by atoms with Crippen LogP contribution < -0.4 is 5.32 Å². The second-order valence-electron chi connectivity index (χ2n) is 4.30. The Morgan fingerprint density at radius 1 is 1.59 bits per heavy atom. The molecule has 1 aromatic heterocycles. The maximum atomic E-state index is 8.93. The molecule has 4 heteroatoms. The molecule has 1 heterocycles. The molecule has 0 bridgehead atoms. The molecule has 0 amide bonds. The lowest BCUT2D eigenvalue weighted by Crippen LogP contribution is -2.31. The molecule has 0 atom stereocenters. The number of hydrogen-bond acceptors (Lipinski definition) is 4. The highest BCUT2D eigenvalue weighted by Crippen LogP contribution is 2.25. The van der Waals surface area contributed by atoms with Crippen molar-refractivity contribution in [3.8, 4) is 6.07 Å². The van der Waals surface area contributed by atoms with Gasteiger partial charge in [-0.05, 0) is 31.5 Å². The van der Waals surface area contributed by atoms with Crippen LogP contribution in [-0.2, 0) is 0 Å². The second-order valence-corrected chi connectivity index (χ2v) is 4.30. The molecule has 0 aliphatic heterocycles. The second kappa shape index (κ2) is 5.65. The van der Waals surface area contributed by atoms with Crippen molar-refractivity contribution in [3.63, 3.8) is 0 Å². The first-order valence-corrected chi connectivity index (χ1v) is 6.18. The molecule has 0 radical (unpaired) electrons. The first-order valence-electron chi connectivity index (χ1n) is 6.18. The van der Waals surface area contributed by atoms with Crippen LogP contribution in [0.3, 0.4) is 0 Å². The summed E-state index contributed by atoms with van der Waals surface area (Å²) in [6.07, 6.45) is 4.38. The van der Waals surface area contributed by atoms with E-state index in [1.807, 2.05) is 0 Å². The number of anilines is 1. The molecular formula is C13H18N4. The Balaban J connectivity index is 1.83. The van der Waals surface area contributed by atoms with Crippen molar-refractivity contribution in [1.82, 2.24) is 9.88 Å².